The summed E-state index contributed by atoms with van der Waals surface area (Å²) in [6.45, 7) is 0. The Morgan fingerprint density at radius 3 is 0.571 bits per heavy atom. The van der Waals surface area contributed by atoms with Crippen LogP contribution in [0.4, 0.5) is 14.4 Å². The van der Waals surface area contributed by atoms with Crippen LogP contribution in [-0.4, -0.2) is 18.5 Å². The monoisotopic (exact) mass is 337 g/mol. The number of hydrogen-bond acceptors (Lipinski definition) is 9. The van der Waals surface area contributed by atoms with Gasteiger partial charge in [-0.2, -0.15) is 0 Å². The number of carbonyl (C=O) groups excluding carboxylic acids is 3. The molecule has 0 saturated heterocycles. The Hall–Kier alpha value is -0.995. The van der Waals surface area contributed by atoms with Gasteiger partial charge in [0, 0.05) is 0 Å². The molecule has 0 aromatic heterocycles. The molecule has 11 heteroatoms. The van der Waals surface area contributed by atoms with Gasteiger partial charge in [0.25, 0.3) is 0 Å². The first-order chi connectivity index (χ1) is 5.20. The summed E-state index contributed by atoms with van der Waals surface area (Å²) >= 11 is 0. The first kappa shape index (κ1) is 29.2. The van der Waals surface area contributed by atoms with Crippen LogP contribution in [0.1, 0.15) is 0 Å². The van der Waals surface area contributed by atoms with Crippen molar-refractivity contribution in [2.75, 3.05) is 0 Å². The van der Waals surface area contributed by atoms with Crippen molar-refractivity contribution >= 4 is 18.5 Å². The molecule has 0 unspecified atom stereocenters. The number of carboxylic acid groups (broad SMARTS) is 6. The summed E-state index contributed by atoms with van der Waals surface area (Å²) < 4.78 is 0. The minimum atomic E-state index is -2.33. The third-order valence-corrected chi connectivity index (χ3v) is 0. The SMILES string of the molecule is O=C([O-])[O-].O=C([O-])[O-].O=C([O-])[O-].[Co+2].[Mo+4]. The molecule has 0 aromatic rings. The van der Waals surface area contributed by atoms with Crippen LogP contribution in [0.3, 0.4) is 0 Å². The van der Waals surface area contributed by atoms with E-state index in [0.29, 0.717) is 0 Å². The summed E-state index contributed by atoms with van der Waals surface area (Å²) in [6.07, 6.45) is -7.00. The third kappa shape index (κ3) is 1110. The molecule has 9 nitrogen and oxygen atoms in total. The van der Waals surface area contributed by atoms with Crippen LogP contribution in [0.5, 0.6) is 0 Å². The van der Waals surface area contributed by atoms with E-state index in [2.05, 4.69) is 0 Å². The smallest absolute Gasteiger partial charge is 0.652 e. The fourth-order valence-electron chi connectivity index (χ4n) is 0. The standard InChI is InChI=1S/3CH2O3.Co.Mo/c3*2-1(3)4;;/h3*(H2,2,3,4);;/q;;;+2;+4/p-6. The van der Waals surface area contributed by atoms with E-state index >= 15 is 0 Å². The topological polar surface area (TPSA) is 190 Å². The molecule has 0 atom stereocenters. The molecule has 14 heavy (non-hydrogen) atoms. The maximum absolute atomic E-state index is 8.33. The van der Waals surface area contributed by atoms with Gasteiger partial charge in [0.1, 0.15) is 0 Å². The molecule has 0 bridgehead atoms. The van der Waals surface area contributed by atoms with Gasteiger partial charge in [-0.25, -0.2) is 0 Å². The molecule has 81 valence electrons. The molecule has 0 aliphatic rings. The Morgan fingerprint density at radius 2 is 0.571 bits per heavy atom. The maximum atomic E-state index is 8.33. The van der Waals surface area contributed by atoms with Crippen LogP contribution in [0, 0.1) is 0 Å². The van der Waals surface area contributed by atoms with E-state index < -0.39 is 18.5 Å². The van der Waals surface area contributed by atoms with Crippen molar-refractivity contribution in [1.29, 1.82) is 0 Å². The number of rotatable bonds is 0. The number of hydrogen-bond donors (Lipinski definition) is 0. The molecule has 0 heterocycles. The van der Waals surface area contributed by atoms with E-state index in [0.717, 1.165) is 0 Å². The predicted octanol–water partition coefficient (Wildman–Crippen LogP) is -7.35. The molecule has 0 amide bonds. The van der Waals surface area contributed by atoms with Gasteiger partial charge in [-0.05, 0) is 18.5 Å². The molecule has 0 aliphatic carbocycles. The van der Waals surface area contributed by atoms with Gasteiger partial charge in [0.15, 0.2) is 0 Å². The minimum absolute atomic E-state index is 0. The summed E-state index contributed by atoms with van der Waals surface area (Å²) in [7, 11) is 0. The Balaban J connectivity index is -0.0000000270. The Morgan fingerprint density at radius 1 is 0.571 bits per heavy atom. The molecular weight excluding hydrogens is 335 g/mol. The Labute approximate surface area is 101 Å². The average Bonchev–Trinajstić information content (AvgIpc) is 1.54. The average molecular weight is 335 g/mol. The van der Waals surface area contributed by atoms with Crippen molar-refractivity contribution < 1.29 is 82.9 Å². The molecule has 0 N–H and O–H groups in total. The molecule has 0 fully saturated rings. The van der Waals surface area contributed by atoms with E-state index in [1.165, 1.54) is 0 Å². The minimum Gasteiger partial charge on any atom is -0.652 e. The third-order valence-electron chi connectivity index (χ3n) is 0. The molecule has 1 radical (unpaired) electrons. The fraction of sp³-hybridized carbons (Fsp3) is 0. The van der Waals surface area contributed by atoms with E-state index in [-0.39, 0.29) is 37.8 Å². The predicted molar refractivity (Wildman–Crippen MR) is 16.2 cm³/mol. The van der Waals surface area contributed by atoms with Crippen LogP contribution in [0.15, 0.2) is 0 Å². The normalized spacial score (nSPS) is 5.14. The van der Waals surface area contributed by atoms with Crippen LogP contribution < -0.4 is 30.6 Å². The van der Waals surface area contributed by atoms with Crippen LogP contribution in [-0.2, 0) is 37.8 Å². The van der Waals surface area contributed by atoms with E-state index in [1.807, 2.05) is 0 Å². The van der Waals surface area contributed by atoms with Crippen molar-refractivity contribution in [3.63, 3.8) is 0 Å². The van der Waals surface area contributed by atoms with Crippen molar-refractivity contribution in [2.45, 2.75) is 0 Å². The zero-order valence-electron chi connectivity index (χ0n) is 5.92. The second-order valence-corrected chi connectivity index (χ2v) is 0.750. The summed E-state index contributed by atoms with van der Waals surface area (Å²) in [5, 5.41) is 50.0. The first-order valence-corrected chi connectivity index (χ1v) is 1.84. The van der Waals surface area contributed by atoms with Crippen LogP contribution >= 0.6 is 0 Å². The van der Waals surface area contributed by atoms with Crippen molar-refractivity contribution in [3.8, 4) is 0 Å². The van der Waals surface area contributed by atoms with Crippen molar-refractivity contribution in [1.82, 2.24) is 0 Å². The van der Waals surface area contributed by atoms with Crippen molar-refractivity contribution in [2.24, 2.45) is 0 Å². The van der Waals surface area contributed by atoms with Gasteiger partial charge in [-0.1, -0.05) is 0 Å². The van der Waals surface area contributed by atoms with E-state index in [1.54, 1.807) is 0 Å². The maximum Gasteiger partial charge on any atom is 4.00 e. The molecule has 0 spiro atoms. The quantitative estimate of drug-likeness (QED) is 0.387. The summed E-state index contributed by atoms with van der Waals surface area (Å²) in [5.74, 6) is 0. The largest absolute Gasteiger partial charge is 4.00 e. The Bertz CT molecular complexity index is 118. The summed E-state index contributed by atoms with van der Waals surface area (Å²) in [5.41, 5.74) is 0. The molecular formula is C3CoMoO9. The molecule has 0 aromatic carbocycles. The van der Waals surface area contributed by atoms with Gasteiger partial charge in [0.05, 0.1) is 0 Å². The van der Waals surface area contributed by atoms with Crippen LogP contribution in [0.25, 0.3) is 0 Å². The van der Waals surface area contributed by atoms with E-state index in [9.17, 15) is 0 Å². The first-order valence-electron chi connectivity index (χ1n) is 1.84. The summed E-state index contributed by atoms with van der Waals surface area (Å²) in [6, 6.07) is 0. The second-order valence-electron chi connectivity index (χ2n) is 0.750. The Kier molecular flexibility index (Phi) is 47.4. The van der Waals surface area contributed by atoms with Gasteiger partial charge in [-0.15, -0.1) is 0 Å². The van der Waals surface area contributed by atoms with Gasteiger partial charge in [0.2, 0.25) is 0 Å². The van der Waals surface area contributed by atoms with E-state index in [4.69, 9.17) is 45.0 Å². The van der Waals surface area contributed by atoms with Gasteiger partial charge < -0.3 is 45.0 Å². The second kappa shape index (κ2) is 22.7. The van der Waals surface area contributed by atoms with Gasteiger partial charge in [-0.3, -0.25) is 0 Å². The fourth-order valence-corrected chi connectivity index (χ4v) is 0. The molecule has 0 aliphatic heterocycles. The molecule has 0 saturated carbocycles. The summed E-state index contributed by atoms with van der Waals surface area (Å²) in [4.78, 5) is 25.0. The van der Waals surface area contributed by atoms with Crippen LogP contribution in [0.2, 0.25) is 0 Å². The molecule has 0 rings (SSSR count). The zero-order valence-corrected chi connectivity index (χ0v) is 8.96. The van der Waals surface area contributed by atoms with Crippen molar-refractivity contribution in [3.05, 3.63) is 0 Å². The number of carbonyl (C=O) groups is 3. The zero-order chi connectivity index (χ0) is 10.7. The van der Waals surface area contributed by atoms with Gasteiger partial charge >= 0.3 is 37.8 Å².